The molecule has 0 fully saturated rings. The Kier molecular flexibility index (Phi) is 4.91. The Morgan fingerprint density at radius 3 is 2.25 bits per heavy atom. The van der Waals surface area contributed by atoms with Crippen molar-refractivity contribution in [1.82, 2.24) is 9.88 Å². The molecule has 0 spiro atoms. The third kappa shape index (κ3) is 3.17. The van der Waals surface area contributed by atoms with Gasteiger partial charge in [-0.3, -0.25) is 14.7 Å². The van der Waals surface area contributed by atoms with Crippen LogP contribution in [0.2, 0.25) is 0 Å². The highest BCUT2D eigenvalue weighted by Gasteiger charge is 2.40. The number of carbonyl (C=O) groups excluding carboxylic acids is 1. The van der Waals surface area contributed by atoms with Gasteiger partial charge in [0.25, 0.3) is 0 Å². The number of hydrogen-bond donors (Lipinski definition) is 0. The van der Waals surface area contributed by atoms with Crippen molar-refractivity contribution in [1.29, 1.82) is 0 Å². The molecule has 6 heteroatoms. The topological polar surface area (TPSA) is 33.2 Å². The summed E-state index contributed by atoms with van der Waals surface area (Å²) in [6.07, 6.45) is -2.52. The number of likely N-dealkylation sites (N-methyl/N-ethyl adjacent to an activating group) is 1. The van der Waals surface area contributed by atoms with Gasteiger partial charge in [0.1, 0.15) is 0 Å². The lowest BCUT2D eigenvalue weighted by Crippen LogP contribution is -2.50. The van der Waals surface area contributed by atoms with Crippen molar-refractivity contribution in [3.63, 3.8) is 0 Å². The van der Waals surface area contributed by atoms with Crippen LogP contribution in [-0.2, 0) is 6.18 Å². The van der Waals surface area contributed by atoms with E-state index in [1.54, 1.807) is 13.8 Å². The van der Waals surface area contributed by atoms with Crippen molar-refractivity contribution in [3.05, 3.63) is 29.6 Å². The predicted molar refractivity (Wildman–Crippen MR) is 70.6 cm³/mol. The van der Waals surface area contributed by atoms with E-state index in [4.69, 9.17) is 0 Å². The molecule has 3 nitrogen and oxygen atoms in total. The maximum absolute atomic E-state index is 13.0. The van der Waals surface area contributed by atoms with Gasteiger partial charge in [0, 0.05) is 12.4 Å². The van der Waals surface area contributed by atoms with Crippen LogP contribution in [-0.4, -0.2) is 34.3 Å². The number of halogens is 3. The monoisotopic (exact) mass is 288 g/mol. The first-order chi connectivity index (χ1) is 9.16. The fraction of sp³-hybridized carbons (Fsp3) is 0.571. The lowest BCUT2D eigenvalue weighted by Gasteiger charge is -2.36. The highest BCUT2D eigenvalue weighted by atomic mass is 19.4. The summed E-state index contributed by atoms with van der Waals surface area (Å²) >= 11 is 0. The van der Waals surface area contributed by atoms with Crippen LogP contribution in [0.5, 0.6) is 0 Å². The molecule has 0 saturated heterocycles. The lowest BCUT2D eigenvalue weighted by molar-refractivity contribution is -0.138. The summed E-state index contributed by atoms with van der Waals surface area (Å²) in [6.45, 7) is 8.16. The second-order valence-electron chi connectivity index (χ2n) is 4.98. The van der Waals surface area contributed by atoms with E-state index < -0.39 is 23.1 Å². The molecule has 1 heterocycles. The van der Waals surface area contributed by atoms with E-state index in [0.717, 1.165) is 18.5 Å². The minimum absolute atomic E-state index is 0.378. The van der Waals surface area contributed by atoms with Gasteiger partial charge < -0.3 is 0 Å². The van der Waals surface area contributed by atoms with Crippen molar-refractivity contribution >= 4 is 5.78 Å². The molecule has 1 aromatic heterocycles. The molecule has 0 aromatic carbocycles. The van der Waals surface area contributed by atoms with Crippen LogP contribution in [0.3, 0.4) is 0 Å². The Hall–Kier alpha value is -1.43. The predicted octanol–water partition coefficient (Wildman–Crippen LogP) is 3.40. The van der Waals surface area contributed by atoms with E-state index in [2.05, 4.69) is 4.98 Å². The minimum Gasteiger partial charge on any atom is -0.292 e. The zero-order chi connectivity index (χ0) is 15.6. The van der Waals surface area contributed by atoms with Crippen LogP contribution < -0.4 is 0 Å². The highest BCUT2D eigenvalue weighted by Crippen LogP contribution is 2.33. The normalized spacial score (nSPS) is 12.8. The molecule has 0 aliphatic carbocycles. The largest absolute Gasteiger partial charge is 0.417 e. The lowest BCUT2D eigenvalue weighted by atomic mass is 9.89. The molecule has 0 unspecified atom stereocenters. The molecule has 112 valence electrons. The second-order valence-corrected chi connectivity index (χ2v) is 4.98. The number of rotatable bonds is 5. The van der Waals surface area contributed by atoms with Crippen LogP contribution in [0.4, 0.5) is 13.2 Å². The summed E-state index contributed by atoms with van der Waals surface area (Å²) in [6, 6.07) is 0.839. The first-order valence-electron chi connectivity index (χ1n) is 6.47. The molecule has 0 aliphatic heterocycles. The van der Waals surface area contributed by atoms with Gasteiger partial charge in [-0.15, -0.1) is 0 Å². The van der Waals surface area contributed by atoms with Crippen LogP contribution in [0, 0.1) is 0 Å². The van der Waals surface area contributed by atoms with Gasteiger partial charge >= 0.3 is 6.18 Å². The maximum Gasteiger partial charge on any atom is 0.417 e. The molecule has 0 N–H and O–H groups in total. The number of aromatic nitrogens is 1. The standard InChI is InChI=1S/C14H19F3N2O/c1-5-19(6-2)13(3,4)12(20)10-9-18-8-7-11(10)14(15,16)17/h7-9H,5-6H2,1-4H3. The Bertz CT molecular complexity index is 480. The Morgan fingerprint density at radius 1 is 1.25 bits per heavy atom. The van der Waals surface area contributed by atoms with Gasteiger partial charge in [-0.05, 0) is 33.0 Å². The van der Waals surface area contributed by atoms with Gasteiger partial charge in [-0.25, -0.2) is 0 Å². The van der Waals surface area contributed by atoms with Crippen molar-refractivity contribution in [2.45, 2.75) is 39.4 Å². The molecule has 0 radical (unpaired) electrons. The van der Waals surface area contributed by atoms with Crippen molar-refractivity contribution in [2.24, 2.45) is 0 Å². The number of hydrogen-bond acceptors (Lipinski definition) is 3. The number of ketones is 1. The Balaban J connectivity index is 3.29. The molecule has 0 atom stereocenters. The fourth-order valence-corrected chi connectivity index (χ4v) is 2.31. The average molecular weight is 288 g/mol. The molecule has 0 saturated carbocycles. The summed E-state index contributed by atoms with van der Waals surface area (Å²) in [5, 5.41) is 0. The molecule has 1 rings (SSSR count). The first kappa shape index (κ1) is 16.6. The van der Waals surface area contributed by atoms with Gasteiger partial charge in [0.2, 0.25) is 0 Å². The summed E-state index contributed by atoms with van der Waals surface area (Å²) in [5.74, 6) is -0.568. The van der Waals surface area contributed by atoms with Crippen LogP contribution in [0.1, 0.15) is 43.6 Å². The van der Waals surface area contributed by atoms with Crippen LogP contribution in [0.25, 0.3) is 0 Å². The summed E-state index contributed by atoms with van der Waals surface area (Å²) in [5.41, 5.74) is -2.32. The van der Waals surface area contributed by atoms with Crippen molar-refractivity contribution in [3.8, 4) is 0 Å². The molecule has 0 aliphatic rings. The fourth-order valence-electron chi connectivity index (χ4n) is 2.31. The van der Waals surface area contributed by atoms with E-state index in [9.17, 15) is 18.0 Å². The molecule has 0 amide bonds. The third-order valence-electron chi connectivity index (χ3n) is 3.48. The molecule has 0 bridgehead atoms. The third-order valence-corrected chi connectivity index (χ3v) is 3.48. The van der Waals surface area contributed by atoms with Gasteiger partial charge in [-0.1, -0.05) is 13.8 Å². The summed E-state index contributed by atoms with van der Waals surface area (Å²) in [4.78, 5) is 18.0. The quantitative estimate of drug-likeness (QED) is 0.779. The van der Waals surface area contributed by atoms with E-state index in [0.29, 0.717) is 13.1 Å². The van der Waals surface area contributed by atoms with Crippen LogP contribution >= 0.6 is 0 Å². The SMILES string of the molecule is CCN(CC)C(C)(C)C(=O)c1cnccc1C(F)(F)F. The zero-order valence-corrected chi connectivity index (χ0v) is 12.1. The highest BCUT2D eigenvalue weighted by molar-refractivity contribution is 6.03. The number of Topliss-reactive ketones (excluding diaryl/α,β-unsaturated/α-hetero) is 1. The number of pyridine rings is 1. The number of nitrogens with zero attached hydrogens (tertiary/aromatic N) is 2. The van der Waals surface area contributed by atoms with Crippen molar-refractivity contribution < 1.29 is 18.0 Å². The molecular formula is C14H19F3N2O. The van der Waals surface area contributed by atoms with Gasteiger partial charge in [-0.2, -0.15) is 13.2 Å². The van der Waals surface area contributed by atoms with Gasteiger partial charge in [0.15, 0.2) is 5.78 Å². The van der Waals surface area contributed by atoms with E-state index in [1.807, 2.05) is 18.7 Å². The first-order valence-corrected chi connectivity index (χ1v) is 6.47. The number of alkyl halides is 3. The number of carbonyl (C=O) groups is 1. The van der Waals surface area contributed by atoms with E-state index in [-0.39, 0.29) is 5.56 Å². The minimum atomic E-state index is -4.56. The van der Waals surface area contributed by atoms with Crippen LogP contribution in [0.15, 0.2) is 18.5 Å². The summed E-state index contributed by atoms with van der Waals surface area (Å²) in [7, 11) is 0. The molecule has 20 heavy (non-hydrogen) atoms. The Morgan fingerprint density at radius 2 is 1.80 bits per heavy atom. The second kappa shape index (κ2) is 5.91. The zero-order valence-electron chi connectivity index (χ0n) is 12.1. The van der Waals surface area contributed by atoms with Crippen molar-refractivity contribution in [2.75, 3.05) is 13.1 Å². The maximum atomic E-state index is 13.0. The average Bonchev–Trinajstić information content (AvgIpc) is 2.38. The Labute approximate surface area is 116 Å². The van der Waals surface area contributed by atoms with Gasteiger partial charge in [0.05, 0.1) is 16.7 Å². The van der Waals surface area contributed by atoms with E-state index >= 15 is 0 Å². The molecular weight excluding hydrogens is 269 g/mol. The van der Waals surface area contributed by atoms with E-state index in [1.165, 1.54) is 0 Å². The molecule has 1 aromatic rings. The summed E-state index contributed by atoms with van der Waals surface area (Å²) < 4.78 is 38.9. The smallest absolute Gasteiger partial charge is 0.292 e.